The van der Waals surface area contributed by atoms with Crippen molar-refractivity contribution >= 4 is 5.69 Å². The second-order valence-electron chi connectivity index (χ2n) is 3.10. The molecule has 0 radical (unpaired) electrons. The van der Waals surface area contributed by atoms with Crippen LogP contribution in [0.3, 0.4) is 0 Å². The van der Waals surface area contributed by atoms with Crippen molar-refractivity contribution in [1.29, 1.82) is 0 Å². The van der Waals surface area contributed by atoms with Gasteiger partial charge < -0.3 is 5.73 Å². The fourth-order valence-corrected chi connectivity index (χ4v) is 1.11. The molecule has 4 nitrogen and oxygen atoms in total. The minimum Gasteiger partial charge on any atom is -0.316 e. The molecule has 0 aliphatic rings. The molecule has 9 heteroatoms. The van der Waals surface area contributed by atoms with E-state index in [-0.39, 0.29) is 12.1 Å². The van der Waals surface area contributed by atoms with Gasteiger partial charge in [-0.1, -0.05) is 0 Å². The third-order valence-electron chi connectivity index (χ3n) is 1.95. The third-order valence-corrected chi connectivity index (χ3v) is 1.95. The van der Waals surface area contributed by atoms with E-state index in [1.807, 2.05) is 0 Å². The zero-order chi connectivity index (χ0) is 13.4. The Morgan fingerprint density at radius 1 is 1.24 bits per heavy atom. The molecular formula is C8H5F5N2O2. The third kappa shape index (κ3) is 2.67. The Morgan fingerprint density at radius 2 is 1.76 bits per heavy atom. The summed E-state index contributed by atoms with van der Waals surface area (Å²) in [4.78, 5) is 9.02. The molecular weight excluding hydrogens is 251 g/mol. The number of benzene rings is 1. The molecule has 1 aromatic carbocycles. The molecule has 0 fully saturated rings. The van der Waals surface area contributed by atoms with Crippen LogP contribution in [0.4, 0.5) is 27.6 Å². The Balaban J connectivity index is 3.35. The largest absolute Gasteiger partial charge is 0.407 e. The van der Waals surface area contributed by atoms with Gasteiger partial charge in [-0.05, 0) is 0 Å². The maximum Gasteiger partial charge on any atom is 0.407 e. The van der Waals surface area contributed by atoms with E-state index in [4.69, 9.17) is 0 Å². The summed E-state index contributed by atoms with van der Waals surface area (Å²) in [5, 5.41) is 10.3. The maximum absolute atomic E-state index is 13.0. The Kier molecular flexibility index (Phi) is 3.32. The molecule has 0 aliphatic carbocycles. The summed E-state index contributed by atoms with van der Waals surface area (Å²) in [6, 6.07) is -2.61. The Labute approximate surface area is 91.0 Å². The summed E-state index contributed by atoms with van der Waals surface area (Å²) in [5.74, 6) is -3.15. The molecule has 0 heterocycles. The Bertz CT molecular complexity index is 460. The van der Waals surface area contributed by atoms with Gasteiger partial charge in [0.15, 0.2) is 0 Å². The highest BCUT2D eigenvalue weighted by atomic mass is 19.4. The van der Waals surface area contributed by atoms with Crippen molar-refractivity contribution in [3.63, 3.8) is 0 Å². The molecule has 0 saturated heterocycles. The number of nitro benzene ring substituents is 1. The summed E-state index contributed by atoms with van der Waals surface area (Å²) < 4.78 is 62.4. The van der Waals surface area contributed by atoms with E-state index in [2.05, 4.69) is 5.73 Å². The van der Waals surface area contributed by atoms with E-state index in [0.29, 0.717) is 0 Å². The minimum atomic E-state index is -4.98. The van der Waals surface area contributed by atoms with Gasteiger partial charge in [-0.15, -0.1) is 0 Å². The zero-order valence-corrected chi connectivity index (χ0v) is 7.96. The summed E-state index contributed by atoms with van der Waals surface area (Å²) >= 11 is 0. The van der Waals surface area contributed by atoms with E-state index in [9.17, 15) is 32.1 Å². The highest BCUT2D eigenvalue weighted by molar-refractivity contribution is 5.38. The summed E-state index contributed by atoms with van der Waals surface area (Å²) in [6.07, 6.45) is -4.98. The van der Waals surface area contributed by atoms with Crippen LogP contribution in [0.2, 0.25) is 0 Å². The average molecular weight is 256 g/mol. The van der Waals surface area contributed by atoms with Gasteiger partial charge >= 0.3 is 11.9 Å². The lowest BCUT2D eigenvalue weighted by Gasteiger charge is -2.16. The molecule has 0 spiro atoms. The van der Waals surface area contributed by atoms with E-state index >= 15 is 0 Å². The molecule has 1 aromatic rings. The van der Waals surface area contributed by atoms with Gasteiger partial charge in [0.05, 0.1) is 4.92 Å². The summed E-state index contributed by atoms with van der Waals surface area (Å²) in [6.45, 7) is 0. The smallest absolute Gasteiger partial charge is 0.316 e. The Morgan fingerprint density at radius 3 is 2.18 bits per heavy atom. The van der Waals surface area contributed by atoms with Crippen LogP contribution in [0, 0.1) is 21.7 Å². The number of hydrogen-bond donors (Lipinski definition) is 1. The number of rotatable bonds is 2. The quantitative estimate of drug-likeness (QED) is 0.502. The molecule has 0 bridgehead atoms. The number of halogens is 5. The first-order valence-corrected chi connectivity index (χ1v) is 4.10. The van der Waals surface area contributed by atoms with Crippen LogP contribution in [0.5, 0.6) is 0 Å². The van der Waals surface area contributed by atoms with Gasteiger partial charge in [0.25, 0.3) is 0 Å². The van der Waals surface area contributed by atoms with Crippen molar-refractivity contribution in [3.05, 3.63) is 39.4 Å². The van der Waals surface area contributed by atoms with Crippen LogP contribution in [0.25, 0.3) is 0 Å². The first-order chi connectivity index (χ1) is 7.64. The van der Waals surface area contributed by atoms with E-state index < -0.39 is 40.0 Å². The molecule has 94 valence electrons. The van der Waals surface area contributed by atoms with E-state index in [1.165, 1.54) is 0 Å². The summed E-state index contributed by atoms with van der Waals surface area (Å²) in [7, 11) is 0. The van der Waals surface area contributed by atoms with Crippen molar-refractivity contribution in [2.75, 3.05) is 0 Å². The Hall–Kier alpha value is -1.77. The fourth-order valence-electron chi connectivity index (χ4n) is 1.11. The molecule has 17 heavy (non-hydrogen) atoms. The van der Waals surface area contributed by atoms with Gasteiger partial charge in [-0.3, -0.25) is 10.1 Å². The monoisotopic (exact) mass is 256 g/mol. The van der Waals surface area contributed by atoms with Crippen molar-refractivity contribution in [2.45, 2.75) is 12.2 Å². The predicted octanol–water partition coefficient (Wildman–Crippen LogP) is 2.44. The molecule has 0 amide bonds. The first kappa shape index (κ1) is 13.3. The molecule has 1 rings (SSSR count). The van der Waals surface area contributed by atoms with Crippen LogP contribution in [0.15, 0.2) is 12.1 Å². The second kappa shape index (κ2) is 4.24. The molecule has 0 unspecified atom stereocenters. The van der Waals surface area contributed by atoms with Crippen LogP contribution in [0.1, 0.15) is 11.6 Å². The lowest BCUT2D eigenvalue weighted by Crippen LogP contribution is -2.29. The molecule has 0 aromatic heterocycles. The van der Waals surface area contributed by atoms with Crippen LogP contribution < -0.4 is 5.73 Å². The highest BCUT2D eigenvalue weighted by Gasteiger charge is 2.40. The number of alkyl halides is 3. The number of hydrogen-bond acceptors (Lipinski definition) is 3. The van der Waals surface area contributed by atoms with E-state index in [1.54, 1.807) is 0 Å². The normalized spacial score (nSPS) is 13.5. The predicted molar refractivity (Wildman–Crippen MR) is 46.0 cm³/mol. The lowest BCUT2D eigenvalue weighted by atomic mass is 10.1. The average Bonchev–Trinajstić information content (AvgIpc) is 2.14. The first-order valence-electron chi connectivity index (χ1n) is 4.10. The van der Waals surface area contributed by atoms with Gasteiger partial charge in [0, 0.05) is 17.7 Å². The summed E-state index contributed by atoms with van der Waals surface area (Å²) in [5.41, 5.74) is 2.24. The second-order valence-corrected chi connectivity index (χ2v) is 3.10. The molecule has 2 N–H and O–H groups in total. The van der Waals surface area contributed by atoms with Crippen LogP contribution in [-0.2, 0) is 0 Å². The van der Waals surface area contributed by atoms with Crippen molar-refractivity contribution < 1.29 is 26.9 Å². The topological polar surface area (TPSA) is 69.2 Å². The fraction of sp³-hybridized carbons (Fsp3) is 0.250. The van der Waals surface area contributed by atoms with Crippen molar-refractivity contribution in [1.82, 2.24) is 0 Å². The molecule has 0 saturated carbocycles. The number of nitrogens with two attached hydrogens (primary N) is 1. The van der Waals surface area contributed by atoms with Gasteiger partial charge in [-0.25, -0.2) is 4.39 Å². The maximum atomic E-state index is 13.0. The molecule has 0 aliphatic heterocycles. The van der Waals surface area contributed by atoms with Gasteiger partial charge in [0.2, 0.25) is 5.82 Å². The van der Waals surface area contributed by atoms with E-state index in [0.717, 1.165) is 0 Å². The van der Waals surface area contributed by atoms with Crippen molar-refractivity contribution in [2.24, 2.45) is 5.73 Å². The standard InChI is InChI=1S/C8H5F5N2O2/c9-4-2-5(10)6(15(16)17)1-3(4)7(14)8(11,12)13/h1-2,7H,14H2/t7-/m0/s1. The molecule has 1 atom stereocenters. The highest BCUT2D eigenvalue weighted by Crippen LogP contribution is 2.34. The van der Waals surface area contributed by atoms with Crippen LogP contribution in [-0.4, -0.2) is 11.1 Å². The SMILES string of the molecule is N[C@@H](c1cc([N+](=O)[O-])c(F)cc1F)C(F)(F)F. The lowest BCUT2D eigenvalue weighted by molar-refractivity contribution is -0.387. The minimum absolute atomic E-state index is 0.000926. The van der Waals surface area contributed by atoms with Crippen LogP contribution >= 0.6 is 0 Å². The van der Waals surface area contributed by atoms with Gasteiger partial charge in [-0.2, -0.15) is 17.6 Å². The number of nitrogens with zero attached hydrogens (tertiary/aromatic N) is 1. The van der Waals surface area contributed by atoms with Crippen molar-refractivity contribution in [3.8, 4) is 0 Å². The zero-order valence-electron chi connectivity index (χ0n) is 7.96. The number of nitro groups is 1. The van der Waals surface area contributed by atoms with Gasteiger partial charge in [0.1, 0.15) is 11.9 Å².